The van der Waals surface area contributed by atoms with Gasteiger partial charge in [-0.1, -0.05) is 46.4 Å². The molecule has 15 nitrogen and oxygen atoms in total. The average Bonchev–Trinajstić information content (AvgIpc) is 3.14. The van der Waals surface area contributed by atoms with Crippen molar-refractivity contribution in [3.05, 3.63) is 72.9 Å². The topological polar surface area (TPSA) is 201 Å². The maximum Gasteiger partial charge on any atom is 0.333 e. The van der Waals surface area contributed by atoms with Crippen LogP contribution in [0.15, 0.2) is 72.9 Å². The predicted octanol–water partition coefficient (Wildman–Crippen LogP) is 5.37. The highest BCUT2D eigenvalue weighted by molar-refractivity contribution is 5.94. The summed E-state index contributed by atoms with van der Waals surface area (Å²) in [7, 11) is 0. The number of allylic oxidation sites excluding steroid dienone is 1. The van der Waals surface area contributed by atoms with Crippen LogP contribution in [-0.2, 0) is 71.5 Å². The monoisotopic (exact) mass is 802 g/mol. The molecule has 1 atom stereocenters. The van der Waals surface area contributed by atoms with E-state index in [1.165, 1.54) is 41.5 Å². The molecule has 0 radical (unpaired) electrons. The SMILES string of the molecule is C=C(C)C(=O)CCC(COC(=O)CC(C)CCC(=O)OCC(COC(=O)C(=C)C)(COC(=O)C(=C)C)COC(=O)C(=C)C)(COC(=O)C(=C)C)COC(=O)C(=C)C. The number of ketones is 1. The lowest BCUT2D eigenvalue weighted by Crippen LogP contribution is -2.44. The predicted molar refractivity (Wildman–Crippen MR) is 208 cm³/mol. The van der Waals surface area contributed by atoms with Crippen LogP contribution in [-0.4, -0.2) is 93.8 Å². The van der Waals surface area contributed by atoms with Crippen LogP contribution in [0.25, 0.3) is 0 Å². The van der Waals surface area contributed by atoms with Crippen molar-refractivity contribution >= 4 is 47.6 Å². The second-order valence-electron chi connectivity index (χ2n) is 14.7. The van der Waals surface area contributed by atoms with Gasteiger partial charge in [-0.15, -0.1) is 0 Å². The van der Waals surface area contributed by atoms with Crippen molar-refractivity contribution < 1.29 is 71.5 Å². The van der Waals surface area contributed by atoms with Gasteiger partial charge in [-0.3, -0.25) is 14.4 Å². The minimum Gasteiger partial charge on any atom is -0.465 e. The summed E-state index contributed by atoms with van der Waals surface area (Å²) in [5.74, 6) is -6.00. The van der Waals surface area contributed by atoms with E-state index in [2.05, 4.69) is 39.5 Å². The van der Waals surface area contributed by atoms with Crippen LogP contribution >= 0.6 is 0 Å². The molecule has 0 amide bonds. The van der Waals surface area contributed by atoms with E-state index in [9.17, 15) is 38.4 Å². The summed E-state index contributed by atoms with van der Waals surface area (Å²) in [5, 5.41) is 0. The Kier molecular flexibility index (Phi) is 22.4. The molecule has 57 heavy (non-hydrogen) atoms. The van der Waals surface area contributed by atoms with Gasteiger partial charge >= 0.3 is 41.8 Å². The number of ether oxygens (including phenoxy) is 7. The smallest absolute Gasteiger partial charge is 0.333 e. The Hall–Kier alpha value is -5.60. The Labute approximate surface area is 335 Å². The summed E-state index contributed by atoms with van der Waals surface area (Å²) in [5.41, 5.74) is -2.20. The van der Waals surface area contributed by atoms with Gasteiger partial charge in [-0.25, -0.2) is 24.0 Å². The zero-order chi connectivity index (χ0) is 44.1. The van der Waals surface area contributed by atoms with Crippen LogP contribution in [0.2, 0.25) is 0 Å². The van der Waals surface area contributed by atoms with Crippen LogP contribution in [0.1, 0.15) is 80.6 Å². The molecule has 15 heteroatoms. The molecule has 0 heterocycles. The number of carbonyl (C=O) groups excluding carboxylic acids is 8. The van der Waals surface area contributed by atoms with E-state index < -0.39 is 91.6 Å². The van der Waals surface area contributed by atoms with Crippen LogP contribution < -0.4 is 0 Å². The molecular formula is C42H58O15. The zero-order valence-corrected chi connectivity index (χ0v) is 34.4. The van der Waals surface area contributed by atoms with Crippen molar-refractivity contribution in [1.29, 1.82) is 0 Å². The quantitative estimate of drug-likeness (QED) is 0.0555. The number of hydrogen-bond acceptors (Lipinski definition) is 15. The molecule has 0 saturated carbocycles. The molecule has 0 aromatic heterocycles. The fourth-order valence-electron chi connectivity index (χ4n) is 4.24. The maximum absolute atomic E-state index is 13.1. The van der Waals surface area contributed by atoms with Crippen LogP contribution in [0, 0.1) is 16.7 Å². The van der Waals surface area contributed by atoms with Gasteiger partial charge in [0, 0.05) is 47.1 Å². The maximum atomic E-state index is 13.1. The van der Waals surface area contributed by atoms with Crippen LogP contribution in [0.3, 0.4) is 0 Å². The molecule has 0 N–H and O–H groups in total. The molecule has 0 spiro atoms. The summed E-state index contributed by atoms with van der Waals surface area (Å²) in [6, 6.07) is 0. The van der Waals surface area contributed by atoms with Crippen LogP contribution in [0.4, 0.5) is 0 Å². The molecule has 0 aliphatic rings. The van der Waals surface area contributed by atoms with Crippen molar-refractivity contribution in [2.24, 2.45) is 16.7 Å². The first-order valence-corrected chi connectivity index (χ1v) is 18.0. The van der Waals surface area contributed by atoms with Gasteiger partial charge in [0.1, 0.15) is 51.7 Å². The lowest BCUT2D eigenvalue weighted by atomic mass is 9.84. The lowest BCUT2D eigenvalue weighted by Gasteiger charge is -2.32. The number of esters is 7. The summed E-state index contributed by atoms with van der Waals surface area (Å²) in [6.45, 7) is 28.5. The third-order valence-electron chi connectivity index (χ3n) is 8.08. The number of carbonyl (C=O) groups is 8. The average molecular weight is 803 g/mol. The van der Waals surface area contributed by atoms with Gasteiger partial charge < -0.3 is 33.2 Å². The van der Waals surface area contributed by atoms with Crippen molar-refractivity contribution in [2.45, 2.75) is 80.6 Å². The lowest BCUT2D eigenvalue weighted by molar-refractivity contribution is -0.168. The molecule has 0 rings (SSSR count). The van der Waals surface area contributed by atoms with Crippen molar-refractivity contribution in [3.8, 4) is 0 Å². The van der Waals surface area contributed by atoms with Crippen molar-refractivity contribution in [3.63, 3.8) is 0 Å². The van der Waals surface area contributed by atoms with E-state index in [1.807, 2.05) is 0 Å². The van der Waals surface area contributed by atoms with E-state index >= 15 is 0 Å². The molecular weight excluding hydrogens is 744 g/mol. The Bertz CT molecular complexity index is 1460. The first kappa shape index (κ1) is 51.4. The van der Waals surface area contributed by atoms with Gasteiger partial charge in [-0.05, 0) is 65.9 Å². The van der Waals surface area contributed by atoms with E-state index in [0.29, 0.717) is 0 Å². The fourth-order valence-corrected chi connectivity index (χ4v) is 4.24. The molecule has 0 aromatic carbocycles. The number of Topliss-reactive ketones (excluding diaryl/α,β-unsaturated/α-hetero) is 1. The summed E-state index contributed by atoms with van der Waals surface area (Å²) in [6.07, 6.45) is -0.295. The van der Waals surface area contributed by atoms with E-state index in [4.69, 9.17) is 33.2 Å². The second kappa shape index (κ2) is 24.8. The summed E-state index contributed by atoms with van der Waals surface area (Å²) >= 11 is 0. The normalized spacial score (nSPS) is 11.4. The van der Waals surface area contributed by atoms with Crippen LogP contribution in [0.5, 0.6) is 0 Å². The first-order valence-electron chi connectivity index (χ1n) is 18.0. The molecule has 1 unspecified atom stereocenters. The Morgan fingerprint density at radius 3 is 1.05 bits per heavy atom. The van der Waals surface area contributed by atoms with Gasteiger partial charge in [-0.2, -0.15) is 0 Å². The Balaban J connectivity index is 5.91. The van der Waals surface area contributed by atoms with Gasteiger partial charge in [0.05, 0.1) is 5.41 Å². The van der Waals surface area contributed by atoms with Gasteiger partial charge in [0.2, 0.25) is 0 Å². The second-order valence-corrected chi connectivity index (χ2v) is 14.7. The van der Waals surface area contributed by atoms with Gasteiger partial charge in [0.25, 0.3) is 0 Å². The fraction of sp³-hybridized carbons (Fsp3) is 0.524. The molecule has 0 bridgehead atoms. The highest BCUT2D eigenvalue weighted by Gasteiger charge is 2.39. The molecule has 0 aromatic rings. The van der Waals surface area contributed by atoms with E-state index in [0.717, 1.165) is 0 Å². The number of hydrogen-bond donors (Lipinski definition) is 0. The van der Waals surface area contributed by atoms with E-state index in [-0.39, 0.29) is 84.5 Å². The molecule has 316 valence electrons. The standard InChI is InChI=1S/C42H58O15/c1-26(2)33(43)16-17-41(20-53-36(46)27(3)4,21-54-37(47)28(5)6)19-52-35(45)18-32(13)14-15-34(44)51-22-42(23-55-38(48)29(7)8,24-56-39(49)30(9)10)25-57-40(50)31(11)12/h32H,1,3,5,7,9,11,14-25H2,2,4,6,8,10,12-13H3. The highest BCUT2D eigenvalue weighted by Crippen LogP contribution is 2.29. The van der Waals surface area contributed by atoms with Crippen molar-refractivity contribution in [1.82, 2.24) is 0 Å². The third kappa shape index (κ3) is 20.8. The van der Waals surface area contributed by atoms with Gasteiger partial charge in [0.15, 0.2) is 5.78 Å². The zero-order valence-electron chi connectivity index (χ0n) is 34.4. The van der Waals surface area contributed by atoms with E-state index in [1.54, 1.807) is 6.92 Å². The highest BCUT2D eigenvalue weighted by atomic mass is 16.6. The number of rotatable bonds is 28. The minimum absolute atomic E-state index is 0.00695. The molecule has 0 aliphatic carbocycles. The Morgan fingerprint density at radius 1 is 0.421 bits per heavy atom. The largest absolute Gasteiger partial charge is 0.465 e. The molecule has 0 saturated heterocycles. The summed E-state index contributed by atoms with van der Waals surface area (Å²) < 4.78 is 37.7. The molecule has 0 fully saturated rings. The van der Waals surface area contributed by atoms with Crippen molar-refractivity contribution in [2.75, 3.05) is 46.2 Å². The Morgan fingerprint density at radius 2 is 0.719 bits per heavy atom. The first-order chi connectivity index (χ1) is 26.4. The third-order valence-corrected chi connectivity index (χ3v) is 8.08. The summed E-state index contributed by atoms with van der Waals surface area (Å²) in [4.78, 5) is 99.9. The molecule has 0 aliphatic heterocycles. The minimum atomic E-state index is -1.54.